The molecule has 3 rings (SSSR count). The number of ether oxygens (including phenoxy) is 2. The molecule has 0 aromatic heterocycles. The number of benzene rings is 2. The van der Waals surface area contributed by atoms with Gasteiger partial charge in [0.25, 0.3) is 17.4 Å². The first kappa shape index (κ1) is 21.0. The van der Waals surface area contributed by atoms with Crippen LogP contribution in [0.15, 0.2) is 54.1 Å². The smallest absolute Gasteiger partial charge is 0.295 e. The van der Waals surface area contributed by atoms with Crippen molar-refractivity contribution in [3.63, 3.8) is 0 Å². The number of aliphatic hydroxyl groups is 1. The number of hydrogen-bond acceptors (Lipinski definition) is 7. The van der Waals surface area contributed by atoms with Gasteiger partial charge in [0.2, 0.25) is 0 Å². The van der Waals surface area contributed by atoms with Crippen molar-refractivity contribution in [2.24, 2.45) is 0 Å². The van der Waals surface area contributed by atoms with E-state index in [9.17, 15) is 24.8 Å². The first-order valence-corrected chi connectivity index (χ1v) is 9.05. The van der Waals surface area contributed by atoms with E-state index in [0.29, 0.717) is 11.3 Å². The molecule has 156 valence electrons. The molecule has 0 saturated carbocycles. The molecule has 1 N–H and O–H groups in total. The zero-order valence-electron chi connectivity index (χ0n) is 16.4. The van der Waals surface area contributed by atoms with E-state index in [1.165, 1.54) is 37.3 Å². The van der Waals surface area contributed by atoms with Gasteiger partial charge in [-0.2, -0.15) is 0 Å². The fourth-order valence-electron chi connectivity index (χ4n) is 3.38. The lowest BCUT2D eigenvalue weighted by Crippen LogP contribution is -2.32. The first-order chi connectivity index (χ1) is 14.4. The van der Waals surface area contributed by atoms with E-state index in [-0.39, 0.29) is 30.0 Å². The Kier molecular flexibility index (Phi) is 6.12. The van der Waals surface area contributed by atoms with Crippen LogP contribution in [-0.4, -0.2) is 54.0 Å². The molecule has 1 fully saturated rings. The number of nitro groups is 1. The number of methoxy groups -OCH3 is 2. The summed E-state index contributed by atoms with van der Waals surface area (Å²) in [7, 11) is 2.96. The molecule has 1 unspecified atom stereocenters. The molecule has 1 aliphatic heterocycles. The highest BCUT2D eigenvalue weighted by molar-refractivity contribution is 6.46. The molecular weight excluding hydrogens is 392 g/mol. The molecule has 0 spiro atoms. The number of amides is 1. The van der Waals surface area contributed by atoms with Crippen LogP contribution in [0.25, 0.3) is 5.76 Å². The van der Waals surface area contributed by atoms with E-state index in [2.05, 4.69) is 0 Å². The number of ketones is 1. The van der Waals surface area contributed by atoms with Crippen LogP contribution in [0, 0.1) is 10.1 Å². The minimum atomic E-state index is -0.894. The second-order valence-electron chi connectivity index (χ2n) is 6.57. The molecule has 1 saturated heterocycles. The number of Topliss-reactive ketones (excluding diaryl/α,β-unsaturated/α-hetero) is 1. The second kappa shape index (κ2) is 8.75. The van der Waals surface area contributed by atoms with Gasteiger partial charge in [0, 0.05) is 31.4 Å². The van der Waals surface area contributed by atoms with Crippen LogP contribution in [0.2, 0.25) is 0 Å². The molecule has 2 aromatic rings. The molecule has 30 heavy (non-hydrogen) atoms. The Morgan fingerprint density at radius 3 is 2.57 bits per heavy atom. The Labute approximate surface area is 172 Å². The third-order valence-corrected chi connectivity index (χ3v) is 4.82. The summed E-state index contributed by atoms with van der Waals surface area (Å²) in [4.78, 5) is 37.3. The molecule has 1 atom stereocenters. The van der Waals surface area contributed by atoms with E-state index >= 15 is 0 Å². The highest BCUT2D eigenvalue weighted by atomic mass is 16.6. The maximum absolute atomic E-state index is 12.8. The summed E-state index contributed by atoms with van der Waals surface area (Å²) >= 11 is 0. The average Bonchev–Trinajstić information content (AvgIpc) is 3.02. The summed E-state index contributed by atoms with van der Waals surface area (Å²) in [6, 6.07) is 11.2. The van der Waals surface area contributed by atoms with Crippen molar-refractivity contribution < 1.29 is 29.1 Å². The highest BCUT2D eigenvalue weighted by Crippen LogP contribution is 2.40. The van der Waals surface area contributed by atoms with Crippen molar-refractivity contribution in [2.45, 2.75) is 6.04 Å². The number of aliphatic hydroxyl groups excluding tert-OH is 1. The van der Waals surface area contributed by atoms with E-state index < -0.39 is 28.4 Å². The summed E-state index contributed by atoms with van der Waals surface area (Å²) in [6.07, 6.45) is 0. The van der Waals surface area contributed by atoms with Gasteiger partial charge in [0.05, 0.1) is 30.3 Å². The van der Waals surface area contributed by atoms with Gasteiger partial charge in [-0.25, -0.2) is 0 Å². The quantitative estimate of drug-likeness (QED) is 0.244. The molecule has 1 aliphatic rings. The number of hydrogen-bond donors (Lipinski definition) is 1. The average molecular weight is 412 g/mol. The third-order valence-electron chi connectivity index (χ3n) is 4.82. The van der Waals surface area contributed by atoms with Gasteiger partial charge in [-0.3, -0.25) is 19.7 Å². The maximum Gasteiger partial charge on any atom is 0.295 e. The van der Waals surface area contributed by atoms with Crippen LogP contribution >= 0.6 is 0 Å². The number of carbonyl (C=O) groups excluding carboxylic acids is 2. The van der Waals surface area contributed by atoms with Crippen LogP contribution in [0.4, 0.5) is 5.69 Å². The van der Waals surface area contributed by atoms with Gasteiger partial charge in [-0.05, 0) is 17.7 Å². The zero-order valence-corrected chi connectivity index (χ0v) is 16.4. The number of nitrogens with zero attached hydrogens (tertiary/aromatic N) is 2. The summed E-state index contributed by atoms with van der Waals surface area (Å²) in [5.41, 5.74) is 0.230. The van der Waals surface area contributed by atoms with Crippen molar-refractivity contribution in [1.82, 2.24) is 4.90 Å². The fourth-order valence-corrected chi connectivity index (χ4v) is 3.38. The SMILES string of the molecule is COCCN1C(=O)C(=O)/C(=C(\O)c2cccc([N+](=O)[O-])c2)C1c1cccc(OC)c1. The van der Waals surface area contributed by atoms with Crippen LogP contribution in [0.1, 0.15) is 17.2 Å². The summed E-state index contributed by atoms with van der Waals surface area (Å²) in [6.45, 7) is 0.305. The molecule has 9 nitrogen and oxygen atoms in total. The monoisotopic (exact) mass is 412 g/mol. The normalized spacial score (nSPS) is 17.9. The van der Waals surface area contributed by atoms with Gasteiger partial charge in [-0.15, -0.1) is 0 Å². The Morgan fingerprint density at radius 1 is 1.17 bits per heavy atom. The number of rotatable bonds is 7. The topological polar surface area (TPSA) is 119 Å². The lowest BCUT2D eigenvalue weighted by molar-refractivity contribution is -0.384. The summed E-state index contributed by atoms with van der Waals surface area (Å²) in [5, 5.41) is 22.0. The van der Waals surface area contributed by atoms with Crippen LogP contribution < -0.4 is 4.74 Å². The van der Waals surface area contributed by atoms with Crippen molar-refractivity contribution in [3.05, 3.63) is 75.3 Å². The summed E-state index contributed by atoms with van der Waals surface area (Å²) < 4.78 is 10.3. The minimum absolute atomic E-state index is 0.0711. The van der Waals surface area contributed by atoms with Gasteiger partial charge in [0.15, 0.2) is 0 Å². The van der Waals surface area contributed by atoms with Crippen LogP contribution in [0.5, 0.6) is 5.75 Å². The Balaban J connectivity index is 2.19. The number of non-ortho nitro benzene ring substituents is 1. The van der Waals surface area contributed by atoms with Crippen LogP contribution in [-0.2, 0) is 14.3 Å². The van der Waals surface area contributed by atoms with E-state index in [1.807, 2.05) is 0 Å². The van der Waals surface area contributed by atoms with Gasteiger partial charge in [-0.1, -0.05) is 24.3 Å². The lowest BCUT2D eigenvalue weighted by atomic mass is 9.95. The van der Waals surface area contributed by atoms with E-state index in [4.69, 9.17) is 9.47 Å². The van der Waals surface area contributed by atoms with Gasteiger partial charge in [0.1, 0.15) is 11.5 Å². The predicted molar refractivity (Wildman–Crippen MR) is 107 cm³/mol. The maximum atomic E-state index is 12.8. The molecule has 0 aliphatic carbocycles. The van der Waals surface area contributed by atoms with E-state index in [0.717, 1.165) is 6.07 Å². The molecular formula is C21H20N2O7. The number of carbonyl (C=O) groups is 2. The van der Waals surface area contributed by atoms with Gasteiger partial charge >= 0.3 is 0 Å². The molecule has 1 amide bonds. The second-order valence-corrected chi connectivity index (χ2v) is 6.57. The Morgan fingerprint density at radius 2 is 1.90 bits per heavy atom. The largest absolute Gasteiger partial charge is 0.507 e. The van der Waals surface area contributed by atoms with Crippen molar-refractivity contribution >= 4 is 23.1 Å². The Hall–Kier alpha value is -3.72. The lowest BCUT2D eigenvalue weighted by Gasteiger charge is -2.25. The predicted octanol–water partition coefficient (Wildman–Crippen LogP) is 2.67. The standard InChI is InChI=1S/C21H20N2O7/c1-29-10-9-22-18(13-5-4-8-16(12-13)30-2)17(20(25)21(22)26)19(24)14-6-3-7-15(11-14)23(27)28/h3-8,11-12,18,24H,9-10H2,1-2H3/b19-17-. The van der Waals surface area contributed by atoms with Crippen molar-refractivity contribution in [2.75, 3.05) is 27.4 Å². The highest BCUT2D eigenvalue weighted by Gasteiger charge is 2.46. The molecule has 9 heteroatoms. The molecule has 0 bridgehead atoms. The molecule has 1 heterocycles. The fraction of sp³-hybridized carbons (Fsp3) is 0.238. The van der Waals surface area contributed by atoms with E-state index in [1.54, 1.807) is 24.3 Å². The van der Waals surface area contributed by atoms with Gasteiger partial charge < -0.3 is 19.5 Å². The molecule has 0 radical (unpaired) electrons. The zero-order chi connectivity index (χ0) is 21.8. The van der Waals surface area contributed by atoms with Crippen LogP contribution in [0.3, 0.4) is 0 Å². The number of likely N-dealkylation sites (tertiary alicyclic amines) is 1. The molecule has 2 aromatic carbocycles. The first-order valence-electron chi connectivity index (χ1n) is 9.05. The van der Waals surface area contributed by atoms with Crippen molar-refractivity contribution in [1.29, 1.82) is 0 Å². The Bertz CT molecular complexity index is 1030. The summed E-state index contributed by atoms with van der Waals surface area (Å²) in [5.74, 6) is -1.63. The minimum Gasteiger partial charge on any atom is -0.507 e. The van der Waals surface area contributed by atoms with Crippen molar-refractivity contribution in [3.8, 4) is 5.75 Å². The third kappa shape index (κ3) is 3.87. The number of nitro benzene ring substituents is 1.